The van der Waals surface area contributed by atoms with Crippen molar-refractivity contribution in [3.05, 3.63) is 124 Å². The number of ether oxygens (including phenoxy) is 1. The summed E-state index contributed by atoms with van der Waals surface area (Å²) in [5.41, 5.74) is 2.31. The van der Waals surface area contributed by atoms with Crippen molar-refractivity contribution in [3.63, 3.8) is 0 Å². The van der Waals surface area contributed by atoms with Gasteiger partial charge in [-0.2, -0.15) is 0 Å². The second-order valence-electron chi connectivity index (χ2n) is 9.07. The molecular formula is C30H31F2N3O5. The van der Waals surface area contributed by atoms with Crippen molar-refractivity contribution >= 4 is 11.7 Å². The number of pyridine rings is 1. The third-order valence-electron chi connectivity index (χ3n) is 6.07. The summed E-state index contributed by atoms with van der Waals surface area (Å²) in [5.74, 6) is -3.98. The Morgan fingerprint density at radius 1 is 1.12 bits per heavy atom. The van der Waals surface area contributed by atoms with E-state index in [-0.39, 0.29) is 48.7 Å². The highest BCUT2D eigenvalue weighted by Crippen LogP contribution is 2.21. The summed E-state index contributed by atoms with van der Waals surface area (Å²) in [6.07, 6.45) is 3.96. The normalized spacial score (nSPS) is 12.2. The number of carbonyl (C=O) groups is 2. The summed E-state index contributed by atoms with van der Waals surface area (Å²) < 4.78 is 34.5. The van der Waals surface area contributed by atoms with Crippen LogP contribution >= 0.6 is 0 Å². The minimum absolute atomic E-state index is 0.0142. The van der Waals surface area contributed by atoms with Gasteiger partial charge in [-0.25, -0.2) is 8.78 Å². The van der Waals surface area contributed by atoms with Crippen LogP contribution in [0.1, 0.15) is 45.3 Å². The van der Waals surface area contributed by atoms with Gasteiger partial charge >= 0.3 is 0 Å². The molecule has 0 fully saturated rings. The number of nitrogens with zero attached hydrogens (tertiary/aromatic N) is 1. The standard InChI is InChI=1S/C30H31F2N3O5/c1-4-19(3)34-35-16-24(30(39)33-15-22-11-12-23(31)14-25(22)32)28(38)29(40-18-21-9-7-6-8-10-21)27(35)26(37)13-20(5-2)17-36/h4-12,14,16,19-20,34,36H,1-2,13,15,17-18H2,3H3,(H,33,39)/t19?,20-/m1/s1. The number of rotatable bonds is 14. The lowest BCUT2D eigenvalue weighted by molar-refractivity contribution is 0.0926. The van der Waals surface area contributed by atoms with Gasteiger partial charge in [-0.15, -0.1) is 13.2 Å². The van der Waals surface area contributed by atoms with Gasteiger partial charge in [-0.05, 0) is 18.6 Å². The molecular weight excluding hydrogens is 520 g/mol. The average molecular weight is 552 g/mol. The number of hydrogen-bond acceptors (Lipinski definition) is 6. The zero-order chi connectivity index (χ0) is 29.2. The first kappa shape index (κ1) is 30.0. The molecule has 0 saturated carbocycles. The molecule has 40 heavy (non-hydrogen) atoms. The van der Waals surface area contributed by atoms with E-state index in [0.29, 0.717) is 11.6 Å². The SMILES string of the molecule is C=CC(C)Nn1cc(C(=O)NCc2ccc(F)cc2F)c(=O)c(OCc2ccccc2)c1C(=O)C[C@@H](C=C)CO. The van der Waals surface area contributed by atoms with Gasteiger partial charge in [0.25, 0.3) is 5.91 Å². The van der Waals surface area contributed by atoms with Crippen molar-refractivity contribution in [2.24, 2.45) is 5.92 Å². The molecule has 1 amide bonds. The number of halogens is 2. The number of hydrogen-bond donors (Lipinski definition) is 3. The minimum Gasteiger partial charge on any atom is -0.483 e. The van der Waals surface area contributed by atoms with Gasteiger partial charge < -0.3 is 20.6 Å². The molecule has 3 aromatic rings. The van der Waals surface area contributed by atoms with Crippen molar-refractivity contribution in [2.45, 2.75) is 32.5 Å². The number of aliphatic hydroxyl groups excluding tert-OH is 1. The Balaban J connectivity index is 2.09. The number of nitrogens with one attached hydrogen (secondary N) is 2. The van der Waals surface area contributed by atoms with Gasteiger partial charge in [-0.1, -0.05) is 48.6 Å². The summed E-state index contributed by atoms with van der Waals surface area (Å²) in [4.78, 5) is 40.2. The number of aromatic nitrogens is 1. The first-order valence-corrected chi connectivity index (χ1v) is 12.5. The summed E-state index contributed by atoms with van der Waals surface area (Å²) >= 11 is 0. The second-order valence-corrected chi connectivity index (χ2v) is 9.07. The van der Waals surface area contributed by atoms with Gasteiger partial charge in [0.05, 0.1) is 6.04 Å². The Bertz CT molecular complexity index is 1440. The maximum Gasteiger partial charge on any atom is 0.257 e. The van der Waals surface area contributed by atoms with Crippen LogP contribution in [0, 0.1) is 17.6 Å². The number of Topliss-reactive ketones (excluding diaryl/α,β-unsaturated/α-hetero) is 1. The number of amides is 1. The molecule has 2 atom stereocenters. The first-order valence-electron chi connectivity index (χ1n) is 12.5. The van der Waals surface area contributed by atoms with Crippen molar-refractivity contribution in [3.8, 4) is 5.75 Å². The lowest BCUT2D eigenvalue weighted by Gasteiger charge is -2.22. The Kier molecular flexibility index (Phi) is 10.5. The second kappa shape index (κ2) is 14.0. The molecule has 0 bridgehead atoms. The third-order valence-corrected chi connectivity index (χ3v) is 6.07. The predicted octanol–water partition coefficient (Wildman–Crippen LogP) is 4.12. The molecule has 3 rings (SSSR count). The van der Waals surface area contributed by atoms with Crippen LogP contribution in [-0.4, -0.2) is 34.1 Å². The van der Waals surface area contributed by atoms with Crippen LogP contribution in [0.15, 0.2) is 84.8 Å². The quantitative estimate of drug-likeness (QED) is 0.205. The van der Waals surface area contributed by atoms with Crippen LogP contribution in [0.25, 0.3) is 0 Å². The molecule has 3 N–H and O–H groups in total. The predicted molar refractivity (Wildman–Crippen MR) is 148 cm³/mol. The smallest absolute Gasteiger partial charge is 0.257 e. The van der Waals surface area contributed by atoms with Crippen LogP contribution in [0.5, 0.6) is 5.75 Å². The van der Waals surface area contributed by atoms with Gasteiger partial charge in [0, 0.05) is 43.3 Å². The van der Waals surface area contributed by atoms with Crippen LogP contribution < -0.4 is 20.9 Å². The minimum atomic E-state index is -0.863. The van der Waals surface area contributed by atoms with Crippen molar-refractivity contribution < 1.29 is 28.2 Å². The van der Waals surface area contributed by atoms with E-state index in [4.69, 9.17) is 4.74 Å². The highest BCUT2D eigenvalue weighted by atomic mass is 19.1. The first-order chi connectivity index (χ1) is 19.2. The largest absolute Gasteiger partial charge is 0.483 e. The van der Waals surface area contributed by atoms with Crippen molar-refractivity contribution in [2.75, 3.05) is 12.0 Å². The Hall–Kier alpha value is -4.57. The van der Waals surface area contributed by atoms with Crippen LogP contribution in [0.2, 0.25) is 0 Å². The topological polar surface area (TPSA) is 110 Å². The van der Waals surface area contributed by atoms with Gasteiger partial charge in [0.2, 0.25) is 5.43 Å². The van der Waals surface area contributed by atoms with Gasteiger partial charge in [0.1, 0.15) is 23.8 Å². The fourth-order valence-electron chi connectivity index (χ4n) is 3.74. The van der Waals surface area contributed by atoms with E-state index in [0.717, 1.165) is 12.3 Å². The average Bonchev–Trinajstić information content (AvgIpc) is 2.95. The van der Waals surface area contributed by atoms with Crippen LogP contribution in [-0.2, 0) is 13.2 Å². The van der Waals surface area contributed by atoms with Gasteiger partial charge in [0.15, 0.2) is 17.2 Å². The van der Waals surface area contributed by atoms with E-state index in [2.05, 4.69) is 23.9 Å². The molecule has 0 aliphatic rings. The lowest BCUT2D eigenvalue weighted by atomic mass is 10.0. The molecule has 8 nitrogen and oxygen atoms in total. The van der Waals surface area contributed by atoms with Gasteiger partial charge in [-0.3, -0.25) is 19.1 Å². The number of aliphatic hydroxyl groups is 1. The number of benzene rings is 2. The molecule has 1 heterocycles. The Morgan fingerprint density at radius 2 is 1.85 bits per heavy atom. The summed E-state index contributed by atoms with van der Waals surface area (Å²) in [5, 5.41) is 12.1. The molecule has 1 aromatic heterocycles. The highest BCUT2D eigenvalue weighted by Gasteiger charge is 2.27. The summed E-state index contributed by atoms with van der Waals surface area (Å²) in [6, 6.07) is 11.4. The number of ketones is 1. The molecule has 210 valence electrons. The van der Waals surface area contributed by atoms with E-state index < -0.39 is 40.7 Å². The van der Waals surface area contributed by atoms with E-state index in [1.807, 2.05) is 6.07 Å². The molecule has 0 aliphatic heterocycles. The Labute approximate surface area is 230 Å². The van der Waals surface area contributed by atoms with Crippen LogP contribution in [0.4, 0.5) is 8.78 Å². The lowest BCUT2D eigenvalue weighted by Crippen LogP contribution is -2.36. The molecule has 0 aliphatic carbocycles. The molecule has 1 unspecified atom stereocenters. The van der Waals surface area contributed by atoms with E-state index in [1.165, 1.54) is 16.8 Å². The highest BCUT2D eigenvalue weighted by molar-refractivity contribution is 6.00. The summed E-state index contributed by atoms with van der Waals surface area (Å²) in [6.45, 7) is 8.35. The zero-order valence-electron chi connectivity index (χ0n) is 22.0. The van der Waals surface area contributed by atoms with Crippen molar-refractivity contribution in [1.29, 1.82) is 0 Å². The third kappa shape index (κ3) is 7.51. The van der Waals surface area contributed by atoms with Crippen LogP contribution in [0.3, 0.4) is 0 Å². The fraction of sp³-hybridized carbons (Fsp3) is 0.233. The maximum atomic E-state index is 14.1. The summed E-state index contributed by atoms with van der Waals surface area (Å²) in [7, 11) is 0. The van der Waals surface area contributed by atoms with E-state index >= 15 is 0 Å². The van der Waals surface area contributed by atoms with E-state index in [1.54, 1.807) is 37.3 Å². The number of carbonyl (C=O) groups excluding carboxylic acids is 2. The molecule has 0 spiro atoms. The molecule has 2 aromatic carbocycles. The maximum absolute atomic E-state index is 14.1. The monoisotopic (exact) mass is 551 g/mol. The molecule has 0 saturated heterocycles. The van der Waals surface area contributed by atoms with E-state index in [9.17, 15) is 28.3 Å². The fourth-order valence-corrected chi connectivity index (χ4v) is 3.74. The molecule has 0 radical (unpaired) electrons. The zero-order valence-corrected chi connectivity index (χ0v) is 22.0. The van der Waals surface area contributed by atoms with Crippen molar-refractivity contribution in [1.82, 2.24) is 9.99 Å². The Morgan fingerprint density at radius 3 is 2.48 bits per heavy atom. The molecule has 10 heteroatoms.